The van der Waals surface area contributed by atoms with Gasteiger partial charge in [-0.2, -0.15) is 13.2 Å². The summed E-state index contributed by atoms with van der Waals surface area (Å²) in [5.41, 5.74) is -0.852. The SMILES string of the molecule is O=C1NCC(C(F)(F)F)c2c1ccc(Br)c2F. The first-order chi connectivity index (χ1) is 7.82. The molecule has 0 aliphatic carbocycles. The maximum Gasteiger partial charge on any atom is 0.397 e. The summed E-state index contributed by atoms with van der Waals surface area (Å²) >= 11 is 2.81. The van der Waals surface area contributed by atoms with Crippen LogP contribution in [0.5, 0.6) is 0 Å². The van der Waals surface area contributed by atoms with Gasteiger partial charge in [0.05, 0.1) is 4.47 Å². The van der Waals surface area contributed by atoms with Gasteiger partial charge in [0.1, 0.15) is 11.7 Å². The molecule has 1 aliphatic rings. The molecule has 0 radical (unpaired) electrons. The molecule has 0 aromatic heterocycles. The van der Waals surface area contributed by atoms with Crippen LogP contribution in [0, 0.1) is 5.82 Å². The van der Waals surface area contributed by atoms with Crippen LogP contribution in [-0.4, -0.2) is 18.6 Å². The molecule has 17 heavy (non-hydrogen) atoms. The second-order valence-corrected chi connectivity index (χ2v) is 4.48. The summed E-state index contributed by atoms with van der Waals surface area (Å²) < 4.78 is 51.8. The highest BCUT2D eigenvalue weighted by atomic mass is 79.9. The molecule has 1 unspecified atom stereocenters. The normalized spacial score (nSPS) is 19.8. The Morgan fingerprint density at radius 3 is 2.59 bits per heavy atom. The number of hydrogen-bond donors (Lipinski definition) is 1. The summed E-state index contributed by atoms with van der Waals surface area (Å²) in [6.45, 7) is -0.636. The second kappa shape index (κ2) is 3.97. The molecule has 1 heterocycles. The van der Waals surface area contributed by atoms with Gasteiger partial charge in [-0.25, -0.2) is 4.39 Å². The Labute approximate surface area is 102 Å². The average Bonchev–Trinajstić information content (AvgIpc) is 2.22. The number of carbonyl (C=O) groups is 1. The smallest absolute Gasteiger partial charge is 0.351 e. The molecule has 1 N–H and O–H groups in total. The van der Waals surface area contributed by atoms with Crippen LogP contribution in [0.25, 0.3) is 0 Å². The number of alkyl halides is 3. The minimum absolute atomic E-state index is 0.0831. The summed E-state index contributed by atoms with van der Waals surface area (Å²) in [4.78, 5) is 11.4. The molecule has 1 aromatic carbocycles. The van der Waals surface area contributed by atoms with Crippen LogP contribution < -0.4 is 5.32 Å². The Hall–Kier alpha value is -1.11. The molecule has 0 bridgehead atoms. The van der Waals surface area contributed by atoms with Crippen LogP contribution in [0.1, 0.15) is 21.8 Å². The quantitative estimate of drug-likeness (QED) is 0.733. The molecule has 2 nitrogen and oxygen atoms in total. The van der Waals surface area contributed by atoms with Crippen LogP contribution >= 0.6 is 15.9 Å². The number of carbonyl (C=O) groups excluding carboxylic acids is 1. The van der Waals surface area contributed by atoms with Gasteiger partial charge in [-0.3, -0.25) is 4.79 Å². The fourth-order valence-electron chi connectivity index (χ4n) is 1.78. The Morgan fingerprint density at radius 2 is 2.00 bits per heavy atom. The zero-order valence-corrected chi connectivity index (χ0v) is 9.82. The zero-order chi connectivity index (χ0) is 12.8. The van der Waals surface area contributed by atoms with Crippen molar-refractivity contribution in [3.05, 3.63) is 33.5 Å². The second-order valence-electron chi connectivity index (χ2n) is 3.63. The van der Waals surface area contributed by atoms with E-state index in [0.717, 1.165) is 0 Å². The van der Waals surface area contributed by atoms with Gasteiger partial charge >= 0.3 is 6.18 Å². The highest BCUT2D eigenvalue weighted by Gasteiger charge is 2.46. The molecule has 2 rings (SSSR count). The summed E-state index contributed by atoms with van der Waals surface area (Å²) in [5, 5.41) is 2.10. The van der Waals surface area contributed by atoms with E-state index in [1.807, 2.05) is 0 Å². The summed E-state index contributed by atoms with van der Waals surface area (Å²) in [5.74, 6) is -3.72. The van der Waals surface area contributed by atoms with Gasteiger partial charge in [0.25, 0.3) is 5.91 Å². The molecule has 1 aliphatic heterocycles. The lowest BCUT2D eigenvalue weighted by molar-refractivity contribution is -0.150. The van der Waals surface area contributed by atoms with E-state index in [1.54, 1.807) is 0 Å². The van der Waals surface area contributed by atoms with Crippen molar-refractivity contribution in [2.24, 2.45) is 0 Å². The highest BCUT2D eigenvalue weighted by Crippen LogP contribution is 2.40. The Balaban J connectivity index is 2.65. The molecule has 1 amide bonds. The van der Waals surface area contributed by atoms with Crippen molar-refractivity contribution < 1.29 is 22.4 Å². The van der Waals surface area contributed by atoms with E-state index in [2.05, 4.69) is 21.2 Å². The molecule has 92 valence electrons. The lowest BCUT2D eigenvalue weighted by atomic mass is 9.89. The molecular formula is C10H6BrF4NO. The number of nitrogens with one attached hydrogen (secondary N) is 1. The first-order valence-corrected chi connectivity index (χ1v) is 5.44. The summed E-state index contributed by atoms with van der Waals surface area (Å²) in [7, 11) is 0. The van der Waals surface area contributed by atoms with Gasteiger partial charge in [0, 0.05) is 17.7 Å². The van der Waals surface area contributed by atoms with Crippen LogP contribution in [0.3, 0.4) is 0 Å². The number of fused-ring (bicyclic) bond motifs is 1. The third-order valence-corrected chi connectivity index (χ3v) is 3.20. The zero-order valence-electron chi connectivity index (χ0n) is 8.24. The number of halogens is 5. The fourth-order valence-corrected chi connectivity index (χ4v) is 2.12. The third-order valence-electron chi connectivity index (χ3n) is 2.59. The van der Waals surface area contributed by atoms with E-state index in [4.69, 9.17) is 0 Å². The van der Waals surface area contributed by atoms with Crippen molar-refractivity contribution >= 4 is 21.8 Å². The van der Waals surface area contributed by atoms with Crippen LogP contribution in [0.4, 0.5) is 17.6 Å². The maximum absolute atomic E-state index is 13.7. The summed E-state index contributed by atoms with van der Waals surface area (Å²) in [6.07, 6.45) is -4.59. The van der Waals surface area contributed by atoms with E-state index < -0.39 is 35.9 Å². The number of amides is 1. The number of hydrogen-bond acceptors (Lipinski definition) is 1. The van der Waals surface area contributed by atoms with E-state index in [0.29, 0.717) is 0 Å². The van der Waals surface area contributed by atoms with Crippen molar-refractivity contribution in [2.45, 2.75) is 12.1 Å². The molecular weight excluding hydrogens is 306 g/mol. The molecule has 7 heteroatoms. The van der Waals surface area contributed by atoms with Gasteiger partial charge in [-0.15, -0.1) is 0 Å². The van der Waals surface area contributed by atoms with Gasteiger partial charge in [-0.05, 0) is 28.1 Å². The molecule has 0 saturated heterocycles. The number of benzene rings is 1. The van der Waals surface area contributed by atoms with Gasteiger partial charge in [-0.1, -0.05) is 0 Å². The van der Waals surface area contributed by atoms with Gasteiger partial charge < -0.3 is 5.32 Å². The van der Waals surface area contributed by atoms with Crippen molar-refractivity contribution in [1.82, 2.24) is 5.32 Å². The lowest BCUT2D eigenvalue weighted by Crippen LogP contribution is -2.41. The highest BCUT2D eigenvalue weighted by molar-refractivity contribution is 9.10. The lowest BCUT2D eigenvalue weighted by Gasteiger charge is -2.28. The maximum atomic E-state index is 13.7. The fraction of sp³-hybridized carbons (Fsp3) is 0.300. The topological polar surface area (TPSA) is 29.1 Å². The van der Waals surface area contributed by atoms with E-state index in [-0.39, 0.29) is 10.0 Å². The van der Waals surface area contributed by atoms with Crippen molar-refractivity contribution in [3.63, 3.8) is 0 Å². The van der Waals surface area contributed by atoms with E-state index in [9.17, 15) is 22.4 Å². The average molecular weight is 312 g/mol. The minimum atomic E-state index is -4.59. The largest absolute Gasteiger partial charge is 0.397 e. The number of rotatable bonds is 0. The predicted molar refractivity (Wildman–Crippen MR) is 55.2 cm³/mol. The first kappa shape index (κ1) is 12.3. The Bertz CT molecular complexity index is 486. The van der Waals surface area contributed by atoms with Crippen molar-refractivity contribution in [3.8, 4) is 0 Å². The van der Waals surface area contributed by atoms with Gasteiger partial charge in [0.15, 0.2) is 0 Å². The molecule has 1 aromatic rings. The minimum Gasteiger partial charge on any atom is -0.351 e. The van der Waals surface area contributed by atoms with E-state index >= 15 is 0 Å². The summed E-state index contributed by atoms with van der Waals surface area (Å²) in [6, 6.07) is 2.39. The Kier molecular flexibility index (Phi) is 2.89. The van der Waals surface area contributed by atoms with Crippen molar-refractivity contribution in [1.29, 1.82) is 0 Å². The van der Waals surface area contributed by atoms with Crippen LogP contribution in [0.2, 0.25) is 0 Å². The third kappa shape index (κ3) is 2.03. The van der Waals surface area contributed by atoms with E-state index in [1.165, 1.54) is 12.1 Å². The standard InChI is InChI=1S/C10H6BrF4NO/c11-6-2-1-4-7(8(6)12)5(10(13,14)15)3-16-9(4)17/h1-2,5H,3H2,(H,16,17). The first-order valence-electron chi connectivity index (χ1n) is 4.65. The predicted octanol–water partition coefficient (Wildman–Crippen LogP) is 2.98. The molecule has 0 spiro atoms. The molecule has 1 atom stereocenters. The Morgan fingerprint density at radius 1 is 1.35 bits per heavy atom. The van der Waals surface area contributed by atoms with Crippen LogP contribution in [-0.2, 0) is 0 Å². The monoisotopic (exact) mass is 311 g/mol. The van der Waals surface area contributed by atoms with Crippen molar-refractivity contribution in [2.75, 3.05) is 6.54 Å². The molecule has 0 fully saturated rings. The molecule has 0 saturated carbocycles. The van der Waals surface area contributed by atoms with Gasteiger partial charge in [0.2, 0.25) is 0 Å². The van der Waals surface area contributed by atoms with Crippen LogP contribution in [0.15, 0.2) is 16.6 Å².